The highest BCUT2D eigenvalue weighted by Gasteiger charge is 2.49. The van der Waals surface area contributed by atoms with Gasteiger partial charge >= 0.3 is 0 Å². The Kier molecular flexibility index (Phi) is 7.17. The molecule has 1 unspecified atom stereocenters. The standard InChI is InChI=1S/C26H37N5O3/c1-19(11-20-7-5-4-6-8-20)24(33)30-10-9-26(34,25(2,3)15-30)16-31-18-29-22(12-23(31)32)21-13-27-17-28-14-21/h12-14,17-20,34H,4-11,15-16H2,1-3H3/t19-,26?/m1/s1. The van der Waals surface area contributed by atoms with Crippen molar-refractivity contribution in [1.29, 1.82) is 0 Å². The minimum Gasteiger partial charge on any atom is -0.387 e. The lowest BCUT2D eigenvalue weighted by atomic mass is 9.69. The topological polar surface area (TPSA) is 101 Å². The average Bonchev–Trinajstić information content (AvgIpc) is 2.83. The summed E-state index contributed by atoms with van der Waals surface area (Å²) in [6.45, 7) is 7.11. The fraction of sp³-hybridized carbons (Fsp3) is 0.654. The summed E-state index contributed by atoms with van der Waals surface area (Å²) in [4.78, 5) is 40.3. The molecule has 1 saturated carbocycles. The van der Waals surface area contributed by atoms with Gasteiger partial charge in [-0.2, -0.15) is 0 Å². The number of hydrogen-bond donors (Lipinski definition) is 1. The van der Waals surface area contributed by atoms with E-state index in [1.165, 1.54) is 55.4 Å². The van der Waals surface area contributed by atoms with Gasteiger partial charge in [-0.3, -0.25) is 14.2 Å². The van der Waals surface area contributed by atoms with Crippen LogP contribution in [0.4, 0.5) is 0 Å². The molecular formula is C26H37N5O3. The number of aromatic nitrogens is 4. The van der Waals surface area contributed by atoms with Crippen LogP contribution in [0.1, 0.15) is 65.7 Å². The number of carbonyl (C=O) groups excluding carboxylic acids is 1. The number of hydrogen-bond acceptors (Lipinski definition) is 6. The summed E-state index contributed by atoms with van der Waals surface area (Å²) in [6, 6.07) is 1.45. The maximum absolute atomic E-state index is 13.2. The molecule has 1 saturated heterocycles. The van der Waals surface area contributed by atoms with Gasteiger partial charge in [0.1, 0.15) is 6.33 Å². The summed E-state index contributed by atoms with van der Waals surface area (Å²) in [6.07, 6.45) is 13.9. The van der Waals surface area contributed by atoms with E-state index in [1.54, 1.807) is 12.4 Å². The highest BCUT2D eigenvalue weighted by Crippen LogP contribution is 2.40. The molecule has 0 bridgehead atoms. The number of rotatable bonds is 6. The molecule has 1 aliphatic carbocycles. The van der Waals surface area contributed by atoms with Crippen molar-refractivity contribution in [2.45, 2.75) is 77.9 Å². The first-order valence-electron chi connectivity index (χ1n) is 12.5. The second kappa shape index (κ2) is 9.94. The van der Waals surface area contributed by atoms with Crippen LogP contribution in [0.5, 0.6) is 0 Å². The number of piperidine rings is 1. The van der Waals surface area contributed by atoms with Crippen LogP contribution in [0, 0.1) is 17.3 Å². The molecule has 0 spiro atoms. The second-order valence-electron chi connectivity index (χ2n) is 10.9. The van der Waals surface area contributed by atoms with Gasteiger partial charge in [-0.05, 0) is 18.8 Å². The third-order valence-corrected chi connectivity index (χ3v) is 7.95. The first-order chi connectivity index (χ1) is 16.2. The zero-order valence-electron chi connectivity index (χ0n) is 20.6. The minimum absolute atomic E-state index is 0.00595. The third kappa shape index (κ3) is 5.22. The molecule has 2 aromatic rings. The summed E-state index contributed by atoms with van der Waals surface area (Å²) in [5.74, 6) is 0.854. The van der Waals surface area contributed by atoms with E-state index in [0.717, 1.165) is 6.42 Å². The average molecular weight is 468 g/mol. The molecule has 1 aliphatic heterocycles. The van der Waals surface area contributed by atoms with E-state index in [1.807, 2.05) is 18.7 Å². The van der Waals surface area contributed by atoms with Crippen LogP contribution in [0.15, 0.2) is 35.9 Å². The Hall–Kier alpha value is -2.61. The van der Waals surface area contributed by atoms with Gasteiger partial charge in [0, 0.05) is 48.4 Å². The Balaban J connectivity index is 1.42. The molecule has 8 heteroatoms. The van der Waals surface area contributed by atoms with E-state index >= 15 is 0 Å². The SMILES string of the molecule is C[C@H](CC1CCCCC1)C(=O)N1CCC(O)(Cn2cnc(-c3cncnc3)cc2=O)C(C)(C)C1. The number of aliphatic hydroxyl groups is 1. The molecule has 0 aromatic carbocycles. The highest BCUT2D eigenvalue weighted by molar-refractivity contribution is 5.78. The first kappa shape index (κ1) is 24.5. The van der Waals surface area contributed by atoms with Crippen LogP contribution in [0.3, 0.4) is 0 Å². The van der Waals surface area contributed by atoms with Gasteiger partial charge in [-0.15, -0.1) is 0 Å². The van der Waals surface area contributed by atoms with Gasteiger partial charge < -0.3 is 10.0 Å². The number of carbonyl (C=O) groups is 1. The lowest BCUT2D eigenvalue weighted by Crippen LogP contribution is -2.61. The fourth-order valence-corrected chi connectivity index (χ4v) is 5.59. The van der Waals surface area contributed by atoms with E-state index in [0.29, 0.717) is 36.7 Å². The lowest BCUT2D eigenvalue weighted by Gasteiger charge is -2.50. The number of nitrogens with zero attached hydrogens (tertiary/aromatic N) is 5. The van der Waals surface area contributed by atoms with Gasteiger partial charge in [0.2, 0.25) is 5.91 Å². The van der Waals surface area contributed by atoms with Crippen LogP contribution in [-0.2, 0) is 11.3 Å². The van der Waals surface area contributed by atoms with Crippen molar-refractivity contribution in [2.75, 3.05) is 13.1 Å². The maximum atomic E-state index is 13.2. The van der Waals surface area contributed by atoms with Gasteiger partial charge in [0.05, 0.1) is 24.2 Å². The van der Waals surface area contributed by atoms with Crippen LogP contribution < -0.4 is 5.56 Å². The van der Waals surface area contributed by atoms with Crippen LogP contribution in [0.2, 0.25) is 0 Å². The van der Waals surface area contributed by atoms with Gasteiger partial charge in [-0.1, -0.05) is 52.9 Å². The van der Waals surface area contributed by atoms with Crippen molar-refractivity contribution in [1.82, 2.24) is 24.4 Å². The van der Waals surface area contributed by atoms with Crippen molar-refractivity contribution >= 4 is 5.91 Å². The van der Waals surface area contributed by atoms with E-state index in [9.17, 15) is 14.7 Å². The maximum Gasteiger partial charge on any atom is 0.253 e. The predicted molar refractivity (Wildman–Crippen MR) is 130 cm³/mol. The van der Waals surface area contributed by atoms with Crippen molar-refractivity contribution in [2.24, 2.45) is 17.3 Å². The Morgan fingerprint density at radius 2 is 1.91 bits per heavy atom. The molecule has 4 rings (SSSR count). The molecule has 2 aliphatic rings. The summed E-state index contributed by atoms with van der Waals surface area (Å²) >= 11 is 0. The molecule has 2 aromatic heterocycles. The van der Waals surface area contributed by atoms with E-state index in [4.69, 9.17) is 0 Å². The van der Waals surface area contributed by atoms with Crippen molar-refractivity contribution in [3.63, 3.8) is 0 Å². The minimum atomic E-state index is -1.13. The van der Waals surface area contributed by atoms with Crippen molar-refractivity contribution in [3.8, 4) is 11.3 Å². The first-order valence-corrected chi connectivity index (χ1v) is 12.5. The Bertz CT molecular complexity index is 1050. The van der Waals surface area contributed by atoms with Gasteiger partial charge in [0.25, 0.3) is 5.56 Å². The van der Waals surface area contributed by atoms with Gasteiger partial charge in [0.15, 0.2) is 0 Å². The normalized spacial score (nSPS) is 24.1. The molecule has 34 heavy (non-hydrogen) atoms. The smallest absolute Gasteiger partial charge is 0.253 e. The quantitative estimate of drug-likeness (QED) is 0.700. The molecule has 2 fully saturated rings. The largest absolute Gasteiger partial charge is 0.387 e. The van der Waals surface area contributed by atoms with Crippen molar-refractivity contribution < 1.29 is 9.90 Å². The number of likely N-dealkylation sites (tertiary alicyclic amines) is 1. The van der Waals surface area contributed by atoms with Crippen LogP contribution in [0.25, 0.3) is 11.3 Å². The summed E-state index contributed by atoms with van der Waals surface area (Å²) in [7, 11) is 0. The Morgan fingerprint density at radius 1 is 1.21 bits per heavy atom. The van der Waals surface area contributed by atoms with Crippen LogP contribution >= 0.6 is 0 Å². The third-order valence-electron chi connectivity index (χ3n) is 7.95. The Morgan fingerprint density at radius 3 is 2.56 bits per heavy atom. The van der Waals surface area contributed by atoms with Crippen molar-refractivity contribution in [3.05, 3.63) is 41.5 Å². The van der Waals surface area contributed by atoms with Crippen LogP contribution in [-0.4, -0.2) is 54.1 Å². The van der Waals surface area contributed by atoms with E-state index < -0.39 is 11.0 Å². The summed E-state index contributed by atoms with van der Waals surface area (Å²) in [5, 5.41) is 11.6. The zero-order valence-corrected chi connectivity index (χ0v) is 20.6. The monoisotopic (exact) mass is 467 g/mol. The molecule has 8 nitrogen and oxygen atoms in total. The van der Waals surface area contributed by atoms with E-state index in [-0.39, 0.29) is 23.9 Å². The molecule has 2 atom stereocenters. The molecular weight excluding hydrogens is 430 g/mol. The molecule has 1 N–H and O–H groups in total. The summed E-state index contributed by atoms with van der Waals surface area (Å²) in [5.41, 5.74) is -0.769. The molecule has 3 heterocycles. The number of amides is 1. The molecule has 0 radical (unpaired) electrons. The highest BCUT2D eigenvalue weighted by atomic mass is 16.3. The lowest BCUT2D eigenvalue weighted by molar-refractivity contribution is -0.157. The van der Waals surface area contributed by atoms with E-state index in [2.05, 4.69) is 21.9 Å². The van der Waals surface area contributed by atoms with Gasteiger partial charge in [-0.25, -0.2) is 15.0 Å². The summed E-state index contributed by atoms with van der Waals surface area (Å²) < 4.78 is 1.46. The second-order valence-corrected chi connectivity index (χ2v) is 10.9. The fourth-order valence-electron chi connectivity index (χ4n) is 5.59. The predicted octanol–water partition coefficient (Wildman–Crippen LogP) is 3.30. The molecule has 184 valence electrons. The Labute approximate surface area is 201 Å². The molecule has 1 amide bonds. The zero-order chi connectivity index (χ0) is 24.3.